The quantitative estimate of drug-likeness (QED) is 0.808. The molecule has 1 aliphatic carbocycles. The molecule has 112 valence electrons. The lowest BCUT2D eigenvalue weighted by molar-refractivity contribution is 0.0618. The molecule has 21 heavy (non-hydrogen) atoms. The van der Waals surface area contributed by atoms with Gasteiger partial charge in [0.1, 0.15) is 5.75 Å². The summed E-state index contributed by atoms with van der Waals surface area (Å²) in [5.41, 5.74) is 7.26. The normalized spacial score (nSPS) is 19.5. The smallest absolute Gasteiger partial charge is 0.116 e. The fourth-order valence-electron chi connectivity index (χ4n) is 3.43. The van der Waals surface area contributed by atoms with Crippen molar-refractivity contribution in [1.82, 2.24) is 0 Å². The molecule has 0 saturated heterocycles. The highest BCUT2D eigenvalue weighted by Crippen LogP contribution is 2.32. The molecule has 3 heteroatoms. The van der Waals surface area contributed by atoms with Gasteiger partial charge in [0.15, 0.2) is 0 Å². The van der Waals surface area contributed by atoms with Crippen LogP contribution in [0.15, 0.2) is 36.4 Å². The second-order valence-corrected chi connectivity index (χ2v) is 6.21. The summed E-state index contributed by atoms with van der Waals surface area (Å²) in [5.74, 6) is 0.589. The molecule has 1 saturated carbocycles. The minimum atomic E-state index is -0.472. The van der Waals surface area contributed by atoms with Gasteiger partial charge in [0, 0.05) is 0 Å². The summed E-state index contributed by atoms with van der Waals surface area (Å²) in [6.45, 7) is 0. The summed E-state index contributed by atoms with van der Waals surface area (Å²) in [6, 6.07) is 10.9. The van der Waals surface area contributed by atoms with Gasteiger partial charge < -0.3 is 15.9 Å². The van der Waals surface area contributed by atoms with Gasteiger partial charge in [0.05, 0.1) is 12.1 Å². The molecule has 0 unspecified atom stereocenters. The molecular formula is C18H23NO2. The summed E-state index contributed by atoms with van der Waals surface area (Å²) < 4.78 is 0. The number of phenols is 1. The number of aromatic hydroxyl groups is 1. The van der Waals surface area contributed by atoms with Crippen LogP contribution in [0, 0.1) is 5.92 Å². The fraction of sp³-hybridized carbons (Fsp3) is 0.444. The molecule has 0 aromatic heterocycles. The van der Waals surface area contributed by atoms with Crippen LogP contribution in [0.3, 0.4) is 0 Å². The first-order valence-electron chi connectivity index (χ1n) is 7.81. The summed E-state index contributed by atoms with van der Waals surface area (Å²) >= 11 is 0. The average molecular weight is 285 g/mol. The van der Waals surface area contributed by atoms with Gasteiger partial charge in [-0.2, -0.15) is 0 Å². The molecule has 1 aliphatic rings. The van der Waals surface area contributed by atoms with Crippen molar-refractivity contribution in [2.75, 3.05) is 0 Å². The van der Waals surface area contributed by atoms with Crippen LogP contribution in [0.4, 0.5) is 0 Å². The second kappa shape index (κ2) is 6.04. The Bertz CT molecular complexity index is 620. The predicted octanol–water partition coefficient (Wildman–Crippen LogP) is 3.49. The van der Waals surface area contributed by atoms with E-state index in [2.05, 4.69) is 0 Å². The summed E-state index contributed by atoms with van der Waals surface area (Å²) in [5, 5.41) is 22.1. The van der Waals surface area contributed by atoms with Crippen molar-refractivity contribution in [3.63, 3.8) is 0 Å². The SMILES string of the molecule is N[C@@H](c1ccc2cc(O)ccc2c1)[C@H](O)C1CCCCC1. The van der Waals surface area contributed by atoms with E-state index in [1.54, 1.807) is 12.1 Å². The molecule has 0 heterocycles. The molecule has 0 aliphatic heterocycles. The monoisotopic (exact) mass is 285 g/mol. The van der Waals surface area contributed by atoms with Crippen LogP contribution in [0.5, 0.6) is 5.75 Å². The standard InChI is InChI=1S/C18H23NO2/c19-17(18(21)12-4-2-1-3-5-12)15-7-6-14-11-16(20)9-8-13(14)10-15/h6-12,17-18,20-21H,1-5,19H2/t17-,18+/m0/s1. The maximum Gasteiger partial charge on any atom is 0.116 e. The number of aliphatic hydroxyl groups is 1. The van der Waals surface area contributed by atoms with Gasteiger partial charge >= 0.3 is 0 Å². The highest BCUT2D eigenvalue weighted by Gasteiger charge is 2.27. The number of fused-ring (bicyclic) bond motifs is 1. The topological polar surface area (TPSA) is 66.5 Å². The van der Waals surface area contributed by atoms with Crippen molar-refractivity contribution in [1.29, 1.82) is 0 Å². The Hall–Kier alpha value is -1.58. The Morgan fingerprint density at radius 3 is 2.38 bits per heavy atom. The van der Waals surface area contributed by atoms with Crippen molar-refractivity contribution in [3.8, 4) is 5.75 Å². The number of rotatable bonds is 3. The van der Waals surface area contributed by atoms with E-state index in [4.69, 9.17) is 5.73 Å². The van der Waals surface area contributed by atoms with Gasteiger partial charge in [-0.1, -0.05) is 37.5 Å². The van der Waals surface area contributed by atoms with Crippen molar-refractivity contribution in [2.45, 2.75) is 44.2 Å². The van der Waals surface area contributed by atoms with Gasteiger partial charge in [-0.05, 0) is 53.3 Å². The molecule has 2 aromatic rings. The van der Waals surface area contributed by atoms with Crippen molar-refractivity contribution < 1.29 is 10.2 Å². The number of aliphatic hydroxyl groups excluding tert-OH is 1. The summed E-state index contributed by atoms with van der Waals surface area (Å²) in [4.78, 5) is 0. The zero-order valence-corrected chi connectivity index (χ0v) is 12.2. The number of phenolic OH excluding ortho intramolecular Hbond substituents is 1. The minimum Gasteiger partial charge on any atom is -0.508 e. The Morgan fingerprint density at radius 2 is 1.62 bits per heavy atom. The predicted molar refractivity (Wildman–Crippen MR) is 85.1 cm³/mol. The van der Waals surface area contributed by atoms with Gasteiger partial charge in [-0.15, -0.1) is 0 Å². The highest BCUT2D eigenvalue weighted by atomic mass is 16.3. The van der Waals surface area contributed by atoms with Crippen LogP contribution in [0.2, 0.25) is 0 Å². The molecule has 0 spiro atoms. The first-order valence-corrected chi connectivity index (χ1v) is 7.81. The van der Waals surface area contributed by atoms with E-state index in [0.717, 1.165) is 29.2 Å². The third-order valence-corrected chi connectivity index (χ3v) is 4.73. The maximum absolute atomic E-state index is 10.5. The fourth-order valence-corrected chi connectivity index (χ4v) is 3.43. The molecule has 2 aromatic carbocycles. The zero-order valence-electron chi connectivity index (χ0n) is 12.2. The molecule has 3 nitrogen and oxygen atoms in total. The molecule has 0 bridgehead atoms. The highest BCUT2D eigenvalue weighted by molar-refractivity contribution is 5.84. The molecular weight excluding hydrogens is 262 g/mol. The number of nitrogens with two attached hydrogens (primary N) is 1. The van der Waals surface area contributed by atoms with Crippen molar-refractivity contribution >= 4 is 10.8 Å². The first-order chi connectivity index (χ1) is 10.1. The largest absolute Gasteiger partial charge is 0.508 e. The van der Waals surface area contributed by atoms with Gasteiger partial charge in [-0.3, -0.25) is 0 Å². The molecule has 4 N–H and O–H groups in total. The average Bonchev–Trinajstić information content (AvgIpc) is 2.53. The van der Waals surface area contributed by atoms with Crippen LogP contribution in [-0.4, -0.2) is 16.3 Å². The van der Waals surface area contributed by atoms with Crippen molar-refractivity contribution in [2.24, 2.45) is 11.7 Å². The van der Waals surface area contributed by atoms with Crippen LogP contribution < -0.4 is 5.73 Å². The van der Waals surface area contributed by atoms with Crippen LogP contribution in [-0.2, 0) is 0 Å². The van der Waals surface area contributed by atoms with E-state index in [-0.39, 0.29) is 11.8 Å². The second-order valence-electron chi connectivity index (χ2n) is 6.21. The summed E-state index contributed by atoms with van der Waals surface area (Å²) in [6.07, 6.45) is 5.36. The van der Waals surface area contributed by atoms with Crippen LogP contribution in [0.1, 0.15) is 43.7 Å². The van der Waals surface area contributed by atoms with E-state index >= 15 is 0 Å². The maximum atomic E-state index is 10.5. The van der Waals surface area contributed by atoms with E-state index in [1.807, 2.05) is 24.3 Å². The molecule has 1 fully saturated rings. The lowest BCUT2D eigenvalue weighted by Gasteiger charge is -2.30. The van der Waals surface area contributed by atoms with Gasteiger partial charge in [0.25, 0.3) is 0 Å². The third kappa shape index (κ3) is 3.04. The molecule has 0 amide bonds. The molecule has 2 atom stereocenters. The molecule has 0 radical (unpaired) electrons. The lowest BCUT2D eigenvalue weighted by atomic mass is 9.81. The Labute approximate surface area is 125 Å². The Morgan fingerprint density at radius 1 is 0.952 bits per heavy atom. The van der Waals surface area contributed by atoms with Gasteiger partial charge in [0.2, 0.25) is 0 Å². The Kier molecular flexibility index (Phi) is 4.13. The summed E-state index contributed by atoms with van der Waals surface area (Å²) in [7, 11) is 0. The number of hydrogen-bond donors (Lipinski definition) is 3. The minimum absolute atomic E-state index is 0.266. The van der Waals surface area contributed by atoms with E-state index < -0.39 is 6.10 Å². The van der Waals surface area contributed by atoms with Crippen LogP contribution >= 0.6 is 0 Å². The van der Waals surface area contributed by atoms with Gasteiger partial charge in [-0.25, -0.2) is 0 Å². The van der Waals surface area contributed by atoms with E-state index in [0.29, 0.717) is 5.92 Å². The van der Waals surface area contributed by atoms with E-state index in [9.17, 15) is 10.2 Å². The molecule has 3 rings (SSSR count). The first kappa shape index (κ1) is 14.4. The lowest BCUT2D eigenvalue weighted by Crippen LogP contribution is -2.34. The van der Waals surface area contributed by atoms with Crippen molar-refractivity contribution in [3.05, 3.63) is 42.0 Å². The number of benzene rings is 2. The zero-order chi connectivity index (χ0) is 14.8. The van der Waals surface area contributed by atoms with Crippen LogP contribution in [0.25, 0.3) is 10.8 Å². The number of hydrogen-bond acceptors (Lipinski definition) is 3. The van der Waals surface area contributed by atoms with E-state index in [1.165, 1.54) is 19.3 Å². The Balaban J connectivity index is 1.83. The third-order valence-electron chi connectivity index (χ3n) is 4.73.